The fourth-order valence-electron chi connectivity index (χ4n) is 1.94. The Bertz CT molecular complexity index is 563. The maximum atomic E-state index is 8.36. The van der Waals surface area contributed by atoms with Crippen molar-refractivity contribution in [1.82, 2.24) is 19.8 Å². The molecular weight excluding hydrogens is 328 g/mol. The minimum Gasteiger partial charge on any atom is -0.483 e. The van der Waals surface area contributed by atoms with Crippen LogP contribution in [0.25, 0.3) is 0 Å². The van der Waals surface area contributed by atoms with E-state index in [4.69, 9.17) is 24.2 Å². The first kappa shape index (κ1) is 22.4. The van der Waals surface area contributed by atoms with Crippen molar-refractivity contribution in [2.75, 3.05) is 27.2 Å². The van der Waals surface area contributed by atoms with Gasteiger partial charge in [-0.1, -0.05) is 0 Å². The Morgan fingerprint density at radius 1 is 1.20 bits per heavy atom. The summed E-state index contributed by atoms with van der Waals surface area (Å²) < 4.78 is 5.44. The topological polar surface area (TPSA) is 123 Å². The monoisotopic (exact) mass is 354 g/mol. The molecule has 2 rings (SSSR count). The first-order chi connectivity index (χ1) is 12.0. The van der Waals surface area contributed by atoms with Crippen LogP contribution in [0.4, 0.5) is 0 Å². The lowest BCUT2D eigenvalue weighted by Gasteiger charge is -2.22. The first-order valence-corrected chi connectivity index (χ1v) is 7.52. The molecule has 0 aliphatic heterocycles. The number of aromatic nitrogens is 2. The highest BCUT2D eigenvalue weighted by atomic mass is 16.3. The standard InChI is InChI=1S/C14H22N4O.2CH2O2/c1-12-14(16-11-15-12)10-18(7-6-17(2)3)9-13-5-4-8-19-13;2*2-1-3/h4-5,8,11H,6-7,9-10H2,1-3H3,(H,15,16);2*1H,(H,2,3). The number of carboxylic acid groups (broad SMARTS) is 2. The van der Waals surface area contributed by atoms with E-state index in [-0.39, 0.29) is 12.9 Å². The lowest BCUT2D eigenvalue weighted by atomic mass is 10.3. The van der Waals surface area contributed by atoms with Crippen molar-refractivity contribution in [2.24, 2.45) is 0 Å². The van der Waals surface area contributed by atoms with Gasteiger partial charge in [0.05, 0.1) is 24.8 Å². The Balaban J connectivity index is 0.000000844. The van der Waals surface area contributed by atoms with Gasteiger partial charge < -0.3 is 24.5 Å². The Kier molecular flexibility index (Phi) is 12.3. The van der Waals surface area contributed by atoms with Gasteiger partial charge in [-0.2, -0.15) is 0 Å². The van der Waals surface area contributed by atoms with Crippen LogP contribution in [0.1, 0.15) is 17.1 Å². The molecule has 0 saturated carbocycles. The SMILES string of the molecule is Cc1[nH]cnc1CN(CCN(C)C)Cc1ccco1.O=CO.O=CO. The molecule has 2 aromatic heterocycles. The highest BCUT2D eigenvalue weighted by molar-refractivity contribution is 5.33. The van der Waals surface area contributed by atoms with Crippen molar-refractivity contribution in [3.63, 3.8) is 0 Å². The van der Waals surface area contributed by atoms with Gasteiger partial charge >= 0.3 is 0 Å². The van der Waals surface area contributed by atoms with Gasteiger partial charge in [-0.25, -0.2) is 4.98 Å². The van der Waals surface area contributed by atoms with Gasteiger partial charge in [0.2, 0.25) is 0 Å². The predicted octanol–water partition coefficient (Wildman–Crippen LogP) is 1.28. The third kappa shape index (κ3) is 10.7. The number of furan rings is 1. The largest absolute Gasteiger partial charge is 0.483 e. The van der Waals surface area contributed by atoms with Crippen molar-refractivity contribution < 1.29 is 24.2 Å². The molecular formula is C16H26N4O5. The lowest BCUT2D eigenvalue weighted by Crippen LogP contribution is -2.31. The van der Waals surface area contributed by atoms with Gasteiger partial charge in [0.1, 0.15) is 5.76 Å². The predicted molar refractivity (Wildman–Crippen MR) is 92.1 cm³/mol. The third-order valence-corrected chi connectivity index (χ3v) is 3.13. The van der Waals surface area contributed by atoms with Gasteiger partial charge in [0.25, 0.3) is 12.9 Å². The summed E-state index contributed by atoms with van der Waals surface area (Å²) in [5, 5.41) is 13.8. The average molecular weight is 354 g/mol. The van der Waals surface area contributed by atoms with Crippen molar-refractivity contribution in [3.8, 4) is 0 Å². The molecule has 0 bridgehead atoms. The quantitative estimate of drug-likeness (QED) is 0.635. The number of aryl methyl sites for hydroxylation is 1. The van der Waals surface area contributed by atoms with Crippen molar-refractivity contribution in [1.29, 1.82) is 0 Å². The molecule has 3 N–H and O–H groups in total. The van der Waals surface area contributed by atoms with Crippen LogP contribution in [0, 0.1) is 6.92 Å². The molecule has 0 radical (unpaired) electrons. The Hall–Kier alpha value is -2.65. The van der Waals surface area contributed by atoms with E-state index in [2.05, 4.69) is 40.8 Å². The van der Waals surface area contributed by atoms with Crippen LogP contribution in [0.2, 0.25) is 0 Å². The van der Waals surface area contributed by atoms with Gasteiger partial charge in [-0.15, -0.1) is 0 Å². The molecule has 0 atom stereocenters. The summed E-state index contributed by atoms with van der Waals surface area (Å²) in [6, 6.07) is 3.94. The molecule has 0 aromatic carbocycles. The zero-order valence-electron chi connectivity index (χ0n) is 14.8. The van der Waals surface area contributed by atoms with E-state index in [1.165, 1.54) is 0 Å². The van der Waals surface area contributed by atoms with Gasteiger partial charge in [-0.3, -0.25) is 14.5 Å². The van der Waals surface area contributed by atoms with Gasteiger partial charge in [-0.05, 0) is 33.2 Å². The summed E-state index contributed by atoms with van der Waals surface area (Å²) in [6.07, 6.45) is 3.47. The average Bonchev–Trinajstić information content (AvgIpc) is 3.19. The minimum absolute atomic E-state index is 0.250. The number of H-pyrrole nitrogens is 1. The van der Waals surface area contributed by atoms with Gasteiger partial charge in [0, 0.05) is 25.3 Å². The van der Waals surface area contributed by atoms with Crippen LogP contribution in [0.3, 0.4) is 0 Å². The zero-order valence-corrected chi connectivity index (χ0v) is 14.8. The van der Waals surface area contributed by atoms with Crippen LogP contribution in [0.5, 0.6) is 0 Å². The number of imidazole rings is 1. The van der Waals surface area contributed by atoms with E-state index >= 15 is 0 Å². The van der Waals surface area contributed by atoms with E-state index in [0.29, 0.717) is 0 Å². The highest BCUT2D eigenvalue weighted by Crippen LogP contribution is 2.10. The maximum Gasteiger partial charge on any atom is 0.290 e. The van der Waals surface area contributed by atoms with Crippen LogP contribution in [-0.4, -0.2) is 70.1 Å². The molecule has 0 aliphatic carbocycles. The smallest absolute Gasteiger partial charge is 0.290 e. The molecule has 0 unspecified atom stereocenters. The number of hydrogen-bond acceptors (Lipinski definition) is 6. The fraction of sp³-hybridized carbons (Fsp3) is 0.438. The van der Waals surface area contributed by atoms with E-state index in [0.717, 1.165) is 43.3 Å². The van der Waals surface area contributed by atoms with E-state index in [1.807, 2.05) is 12.1 Å². The fourth-order valence-corrected chi connectivity index (χ4v) is 1.94. The number of aromatic amines is 1. The summed E-state index contributed by atoms with van der Waals surface area (Å²) in [6.45, 7) is 5.21. The number of likely N-dealkylation sites (N-methyl/N-ethyl adjacent to an activating group) is 1. The second-order valence-electron chi connectivity index (χ2n) is 5.28. The van der Waals surface area contributed by atoms with Crippen molar-refractivity contribution in [2.45, 2.75) is 20.0 Å². The summed E-state index contributed by atoms with van der Waals surface area (Å²) in [5.74, 6) is 0.993. The summed E-state index contributed by atoms with van der Waals surface area (Å²) in [4.78, 5) is 28.8. The number of nitrogens with zero attached hydrogens (tertiary/aromatic N) is 3. The molecule has 0 fully saturated rings. The molecule has 9 nitrogen and oxygen atoms in total. The lowest BCUT2D eigenvalue weighted by molar-refractivity contribution is -0.123. The zero-order chi connectivity index (χ0) is 19.1. The number of rotatable bonds is 7. The normalized spacial score (nSPS) is 9.80. The van der Waals surface area contributed by atoms with E-state index in [9.17, 15) is 0 Å². The van der Waals surface area contributed by atoms with Crippen molar-refractivity contribution >= 4 is 12.9 Å². The molecule has 0 aliphatic rings. The number of hydrogen-bond donors (Lipinski definition) is 3. The molecule has 140 valence electrons. The summed E-state index contributed by atoms with van der Waals surface area (Å²) in [5.41, 5.74) is 2.24. The second-order valence-corrected chi connectivity index (χ2v) is 5.28. The second kappa shape index (κ2) is 13.8. The Morgan fingerprint density at radius 2 is 1.84 bits per heavy atom. The highest BCUT2D eigenvalue weighted by Gasteiger charge is 2.12. The molecule has 0 amide bonds. The first-order valence-electron chi connectivity index (χ1n) is 7.52. The Morgan fingerprint density at radius 3 is 2.28 bits per heavy atom. The van der Waals surface area contributed by atoms with Crippen LogP contribution < -0.4 is 0 Å². The number of nitrogens with one attached hydrogen (secondary N) is 1. The third-order valence-electron chi connectivity index (χ3n) is 3.13. The summed E-state index contributed by atoms with van der Waals surface area (Å²) in [7, 11) is 4.18. The van der Waals surface area contributed by atoms with Crippen LogP contribution >= 0.6 is 0 Å². The molecule has 2 aromatic rings. The molecule has 9 heteroatoms. The molecule has 0 saturated heterocycles. The van der Waals surface area contributed by atoms with Gasteiger partial charge in [0.15, 0.2) is 0 Å². The summed E-state index contributed by atoms with van der Waals surface area (Å²) >= 11 is 0. The van der Waals surface area contributed by atoms with E-state index < -0.39 is 0 Å². The Labute approximate surface area is 146 Å². The minimum atomic E-state index is -0.250. The van der Waals surface area contributed by atoms with Crippen LogP contribution in [-0.2, 0) is 22.7 Å². The van der Waals surface area contributed by atoms with Crippen LogP contribution in [0.15, 0.2) is 29.1 Å². The molecule has 2 heterocycles. The maximum absolute atomic E-state index is 8.36. The molecule has 25 heavy (non-hydrogen) atoms. The van der Waals surface area contributed by atoms with Crippen molar-refractivity contribution in [3.05, 3.63) is 41.9 Å². The molecule has 0 spiro atoms. The van der Waals surface area contributed by atoms with E-state index in [1.54, 1.807) is 12.6 Å². The number of carbonyl (C=O) groups is 2.